The molecule has 1 aromatic rings. The number of nitrogens with one attached hydrogen (secondary N) is 1. The number of para-hydroxylation sites is 1. The number of nitrogens with zero attached hydrogens (tertiary/aromatic N) is 1. The molecule has 0 bridgehead atoms. The predicted molar refractivity (Wildman–Crippen MR) is 61.8 cm³/mol. The maximum Gasteiger partial charge on any atom is 0.0812 e. The van der Waals surface area contributed by atoms with Crippen LogP contribution in [0.1, 0.15) is 13.8 Å². The Balaban J connectivity index is 2.44. The summed E-state index contributed by atoms with van der Waals surface area (Å²) in [5, 5.41) is 3.35. The molecule has 0 atom stereocenters. The summed E-state index contributed by atoms with van der Waals surface area (Å²) in [5.74, 6) is 0. The molecule has 0 unspecified atom stereocenters. The third-order valence-corrected chi connectivity index (χ3v) is 2.66. The second kappa shape index (κ2) is 3.40. The van der Waals surface area contributed by atoms with Gasteiger partial charge < -0.3 is 16.0 Å². The van der Waals surface area contributed by atoms with Gasteiger partial charge in [-0.1, -0.05) is 6.07 Å². The molecular weight excluding hydrogens is 174 g/mol. The number of nitrogen functional groups attached to an aromatic ring is 1. The summed E-state index contributed by atoms with van der Waals surface area (Å²) in [7, 11) is 0. The van der Waals surface area contributed by atoms with Crippen LogP contribution in [0.2, 0.25) is 0 Å². The van der Waals surface area contributed by atoms with Gasteiger partial charge in [-0.2, -0.15) is 0 Å². The lowest BCUT2D eigenvalue weighted by Crippen LogP contribution is -2.39. The molecule has 3 heteroatoms. The van der Waals surface area contributed by atoms with Crippen molar-refractivity contribution in [3.05, 3.63) is 18.2 Å². The van der Waals surface area contributed by atoms with Crippen LogP contribution in [-0.4, -0.2) is 19.1 Å². The topological polar surface area (TPSA) is 41.3 Å². The van der Waals surface area contributed by atoms with Crippen LogP contribution in [0.5, 0.6) is 0 Å². The number of hydrogen-bond acceptors (Lipinski definition) is 3. The highest BCUT2D eigenvalue weighted by Gasteiger charge is 2.19. The molecule has 76 valence electrons. The average Bonchev–Trinajstić information content (AvgIpc) is 2.17. The van der Waals surface area contributed by atoms with Gasteiger partial charge in [0.15, 0.2) is 0 Å². The monoisotopic (exact) mass is 191 g/mol. The lowest BCUT2D eigenvalue weighted by atomic mass is 10.1. The Morgan fingerprint density at radius 1 is 1.43 bits per heavy atom. The molecule has 2 rings (SSSR count). The molecule has 1 aliphatic heterocycles. The van der Waals surface area contributed by atoms with Gasteiger partial charge in [0.25, 0.3) is 0 Å². The smallest absolute Gasteiger partial charge is 0.0812 e. The van der Waals surface area contributed by atoms with E-state index in [-0.39, 0.29) is 0 Å². The summed E-state index contributed by atoms with van der Waals surface area (Å²) in [6.07, 6.45) is 0. The van der Waals surface area contributed by atoms with E-state index in [0.29, 0.717) is 6.04 Å². The first-order valence-electron chi connectivity index (χ1n) is 5.09. The molecule has 1 heterocycles. The van der Waals surface area contributed by atoms with Gasteiger partial charge in [-0.25, -0.2) is 0 Å². The van der Waals surface area contributed by atoms with Crippen molar-refractivity contribution in [2.75, 3.05) is 29.0 Å². The summed E-state index contributed by atoms with van der Waals surface area (Å²) >= 11 is 0. The highest BCUT2D eigenvalue weighted by atomic mass is 15.2. The van der Waals surface area contributed by atoms with Crippen molar-refractivity contribution < 1.29 is 0 Å². The molecule has 1 aromatic carbocycles. The minimum atomic E-state index is 0.526. The Bertz CT molecular complexity index is 333. The quantitative estimate of drug-likeness (QED) is 0.666. The lowest BCUT2D eigenvalue weighted by molar-refractivity contribution is 0.681. The van der Waals surface area contributed by atoms with Crippen LogP contribution in [0, 0.1) is 0 Å². The van der Waals surface area contributed by atoms with Crippen LogP contribution < -0.4 is 16.0 Å². The number of hydrogen-bond donors (Lipinski definition) is 2. The second-order valence-corrected chi connectivity index (χ2v) is 3.96. The van der Waals surface area contributed by atoms with E-state index in [1.165, 1.54) is 5.69 Å². The van der Waals surface area contributed by atoms with Crippen molar-refractivity contribution in [3.63, 3.8) is 0 Å². The van der Waals surface area contributed by atoms with Crippen LogP contribution in [0.25, 0.3) is 0 Å². The maximum absolute atomic E-state index is 5.91. The number of fused-ring (bicyclic) bond motifs is 1. The minimum absolute atomic E-state index is 0.526. The molecule has 0 aliphatic carbocycles. The molecule has 1 aliphatic rings. The largest absolute Gasteiger partial charge is 0.397 e. The highest BCUT2D eigenvalue weighted by Crippen LogP contribution is 2.34. The van der Waals surface area contributed by atoms with Crippen molar-refractivity contribution in [1.29, 1.82) is 0 Å². The molecule has 0 saturated carbocycles. The van der Waals surface area contributed by atoms with Gasteiger partial charge in [0.05, 0.1) is 17.1 Å². The van der Waals surface area contributed by atoms with E-state index >= 15 is 0 Å². The molecular formula is C11H17N3. The van der Waals surface area contributed by atoms with E-state index < -0.39 is 0 Å². The fraction of sp³-hybridized carbons (Fsp3) is 0.455. The Hall–Kier alpha value is -1.38. The summed E-state index contributed by atoms with van der Waals surface area (Å²) in [6.45, 7) is 6.43. The van der Waals surface area contributed by atoms with Crippen LogP contribution in [0.4, 0.5) is 17.1 Å². The van der Waals surface area contributed by atoms with E-state index in [1.807, 2.05) is 12.1 Å². The third kappa shape index (κ3) is 1.39. The van der Waals surface area contributed by atoms with E-state index in [9.17, 15) is 0 Å². The Labute approximate surface area is 84.9 Å². The molecule has 0 radical (unpaired) electrons. The molecule has 0 spiro atoms. The fourth-order valence-corrected chi connectivity index (χ4v) is 1.95. The fourth-order valence-electron chi connectivity index (χ4n) is 1.95. The minimum Gasteiger partial charge on any atom is -0.397 e. The van der Waals surface area contributed by atoms with E-state index in [0.717, 1.165) is 24.5 Å². The van der Waals surface area contributed by atoms with E-state index in [1.54, 1.807) is 0 Å². The number of benzene rings is 1. The van der Waals surface area contributed by atoms with E-state index in [2.05, 4.69) is 30.1 Å². The third-order valence-electron chi connectivity index (χ3n) is 2.66. The molecule has 14 heavy (non-hydrogen) atoms. The van der Waals surface area contributed by atoms with Crippen LogP contribution in [-0.2, 0) is 0 Å². The summed E-state index contributed by atoms with van der Waals surface area (Å²) in [5.41, 5.74) is 9.07. The average molecular weight is 191 g/mol. The standard InChI is InChI=1S/C11H17N3/c1-8(2)14-7-6-13-11-9(12)4-3-5-10(11)14/h3-5,8,13H,6-7,12H2,1-2H3. The molecule has 0 fully saturated rings. The summed E-state index contributed by atoms with van der Waals surface area (Å²) in [6, 6.07) is 6.60. The van der Waals surface area contributed by atoms with Crippen molar-refractivity contribution in [1.82, 2.24) is 0 Å². The van der Waals surface area contributed by atoms with Crippen molar-refractivity contribution >= 4 is 17.1 Å². The maximum atomic E-state index is 5.91. The zero-order valence-electron chi connectivity index (χ0n) is 8.75. The van der Waals surface area contributed by atoms with Gasteiger partial charge in [-0.05, 0) is 26.0 Å². The molecule has 3 N–H and O–H groups in total. The normalized spacial score (nSPS) is 15.2. The number of rotatable bonds is 1. The number of anilines is 3. The predicted octanol–water partition coefficient (Wildman–Crippen LogP) is 1.91. The van der Waals surface area contributed by atoms with Gasteiger partial charge in [0, 0.05) is 19.1 Å². The van der Waals surface area contributed by atoms with Gasteiger partial charge in [0.2, 0.25) is 0 Å². The molecule has 0 amide bonds. The van der Waals surface area contributed by atoms with Crippen LogP contribution in [0.3, 0.4) is 0 Å². The first-order valence-corrected chi connectivity index (χ1v) is 5.09. The van der Waals surface area contributed by atoms with Gasteiger partial charge >= 0.3 is 0 Å². The van der Waals surface area contributed by atoms with Crippen molar-refractivity contribution in [2.45, 2.75) is 19.9 Å². The SMILES string of the molecule is CC(C)N1CCNc2c(N)cccc21. The van der Waals surface area contributed by atoms with Gasteiger partial charge in [0.1, 0.15) is 0 Å². The lowest BCUT2D eigenvalue weighted by Gasteiger charge is -2.35. The molecule has 0 aromatic heterocycles. The first-order chi connectivity index (χ1) is 6.70. The Morgan fingerprint density at radius 3 is 2.93 bits per heavy atom. The van der Waals surface area contributed by atoms with Gasteiger partial charge in [-0.3, -0.25) is 0 Å². The number of nitrogens with two attached hydrogens (primary N) is 1. The highest BCUT2D eigenvalue weighted by molar-refractivity contribution is 5.83. The van der Waals surface area contributed by atoms with Gasteiger partial charge in [-0.15, -0.1) is 0 Å². The zero-order valence-corrected chi connectivity index (χ0v) is 8.75. The Kier molecular flexibility index (Phi) is 2.23. The molecule has 0 saturated heterocycles. The first kappa shape index (κ1) is 9.19. The van der Waals surface area contributed by atoms with Crippen molar-refractivity contribution in [2.24, 2.45) is 0 Å². The summed E-state index contributed by atoms with van der Waals surface area (Å²) < 4.78 is 0. The van der Waals surface area contributed by atoms with Crippen LogP contribution in [0.15, 0.2) is 18.2 Å². The Morgan fingerprint density at radius 2 is 2.21 bits per heavy atom. The van der Waals surface area contributed by atoms with Crippen molar-refractivity contribution in [3.8, 4) is 0 Å². The molecule has 3 nitrogen and oxygen atoms in total. The summed E-state index contributed by atoms with van der Waals surface area (Å²) in [4.78, 5) is 2.38. The zero-order chi connectivity index (χ0) is 10.1. The second-order valence-electron chi connectivity index (χ2n) is 3.96. The van der Waals surface area contributed by atoms with Crippen LogP contribution >= 0.6 is 0 Å². The van der Waals surface area contributed by atoms with E-state index in [4.69, 9.17) is 5.73 Å².